The van der Waals surface area contributed by atoms with Gasteiger partial charge in [0.1, 0.15) is 5.60 Å². The number of aryl methyl sites for hydroxylation is 1. The Kier molecular flexibility index (Phi) is 3.60. The maximum absolute atomic E-state index is 11.6. The third kappa shape index (κ3) is 3.25. The van der Waals surface area contributed by atoms with Gasteiger partial charge in [0.05, 0.1) is 0 Å². The maximum Gasteiger partial charge on any atom is 0.407 e. The van der Waals surface area contributed by atoms with Gasteiger partial charge >= 0.3 is 6.09 Å². The van der Waals surface area contributed by atoms with Crippen LogP contribution in [-0.2, 0) is 24.1 Å². The predicted molar refractivity (Wildman–Crippen MR) is 71.5 cm³/mol. The standard InChI is InChI=1S/C15H21NO2/c1-15(2,3)18-14(17)16-10-12-8-4-6-11-7-5-9-13(11)12/h4,6,8H,5,7,9-10H2,1-3H3,(H,16,17). The van der Waals surface area contributed by atoms with Crippen LogP contribution in [0, 0.1) is 0 Å². The summed E-state index contributed by atoms with van der Waals surface area (Å²) >= 11 is 0. The minimum Gasteiger partial charge on any atom is -0.444 e. The molecule has 0 bridgehead atoms. The van der Waals surface area contributed by atoms with Crippen molar-refractivity contribution < 1.29 is 9.53 Å². The van der Waals surface area contributed by atoms with Crippen LogP contribution in [0.3, 0.4) is 0 Å². The van der Waals surface area contributed by atoms with Crippen molar-refractivity contribution in [3.8, 4) is 0 Å². The van der Waals surface area contributed by atoms with Crippen molar-refractivity contribution in [3.63, 3.8) is 0 Å². The molecule has 0 aromatic heterocycles. The van der Waals surface area contributed by atoms with Crippen LogP contribution in [0.2, 0.25) is 0 Å². The van der Waals surface area contributed by atoms with Crippen molar-refractivity contribution in [2.24, 2.45) is 0 Å². The summed E-state index contributed by atoms with van der Waals surface area (Å²) in [6, 6.07) is 6.33. The van der Waals surface area contributed by atoms with Crippen molar-refractivity contribution in [2.75, 3.05) is 0 Å². The zero-order valence-corrected chi connectivity index (χ0v) is 11.4. The van der Waals surface area contributed by atoms with E-state index in [1.54, 1.807) is 0 Å². The Labute approximate surface area is 109 Å². The molecule has 18 heavy (non-hydrogen) atoms. The number of benzene rings is 1. The molecule has 3 heteroatoms. The van der Waals surface area contributed by atoms with E-state index in [2.05, 4.69) is 23.5 Å². The molecule has 0 atom stereocenters. The molecule has 1 aromatic carbocycles. The summed E-state index contributed by atoms with van der Waals surface area (Å²) in [5.74, 6) is 0. The molecule has 3 nitrogen and oxygen atoms in total. The number of carbonyl (C=O) groups is 1. The predicted octanol–water partition coefficient (Wildman–Crippen LogP) is 3.20. The van der Waals surface area contributed by atoms with Crippen LogP contribution in [-0.4, -0.2) is 11.7 Å². The van der Waals surface area contributed by atoms with Gasteiger partial charge in [0.15, 0.2) is 0 Å². The SMILES string of the molecule is CC(C)(C)OC(=O)NCc1cccc2c1CCC2. The molecule has 0 heterocycles. The van der Waals surface area contributed by atoms with E-state index >= 15 is 0 Å². The van der Waals surface area contributed by atoms with Crippen molar-refractivity contribution in [1.29, 1.82) is 0 Å². The Morgan fingerprint density at radius 2 is 2.11 bits per heavy atom. The lowest BCUT2D eigenvalue weighted by molar-refractivity contribution is 0.0523. The summed E-state index contributed by atoms with van der Waals surface area (Å²) in [5, 5.41) is 2.82. The van der Waals surface area contributed by atoms with Gasteiger partial charge in [-0.1, -0.05) is 18.2 Å². The quantitative estimate of drug-likeness (QED) is 0.871. The van der Waals surface area contributed by atoms with E-state index in [0.29, 0.717) is 6.54 Å². The lowest BCUT2D eigenvalue weighted by atomic mass is 10.0. The van der Waals surface area contributed by atoms with Crippen molar-refractivity contribution >= 4 is 6.09 Å². The van der Waals surface area contributed by atoms with Gasteiger partial charge in [0.2, 0.25) is 0 Å². The zero-order valence-electron chi connectivity index (χ0n) is 11.4. The van der Waals surface area contributed by atoms with Gasteiger partial charge in [0, 0.05) is 6.54 Å². The third-order valence-electron chi connectivity index (χ3n) is 3.07. The minimum absolute atomic E-state index is 0.349. The fourth-order valence-electron chi connectivity index (χ4n) is 2.35. The normalized spacial score (nSPS) is 14.2. The summed E-state index contributed by atoms with van der Waals surface area (Å²) in [6.07, 6.45) is 3.16. The number of carbonyl (C=O) groups excluding carboxylic acids is 1. The molecule has 0 spiro atoms. The van der Waals surface area contributed by atoms with Crippen LogP contribution in [0.4, 0.5) is 4.79 Å². The fourth-order valence-corrected chi connectivity index (χ4v) is 2.35. The molecule has 1 aromatic rings. The van der Waals surface area contributed by atoms with E-state index < -0.39 is 5.60 Å². The van der Waals surface area contributed by atoms with Gasteiger partial charge in [-0.05, 0) is 56.7 Å². The van der Waals surface area contributed by atoms with Crippen molar-refractivity contribution in [1.82, 2.24) is 5.32 Å². The van der Waals surface area contributed by atoms with Gasteiger partial charge in [-0.3, -0.25) is 0 Å². The summed E-state index contributed by atoms with van der Waals surface area (Å²) < 4.78 is 5.23. The number of nitrogens with one attached hydrogen (secondary N) is 1. The second-order valence-corrected chi connectivity index (χ2v) is 5.76. The number of rotatable bonds is 2. The molecule has 2 rings (SSSR count). The Bertz CT molecular complexity index is 446. The first-order valence-corrected chi connectivity index (χ1v) is 6.52. The number of ether oxygens (including phenoxy) is 1. The van der Waals surface area contributed by atoms with Crippen LogP contribution in [0.25, 0.3) is 0 Å². The largest absolute Gasteiger partial charge is 0.444 e. The highest BCUT2D eigenvalue weighted by Crippen LogP contribution is 2.25. The van der Waals surface area contributed by atoms with Crippen LogP contribution < -0.4 is 5.32 Å². The van der Waals surface area contributed by atoms with Gasteiger partial charge in [-0.2, -0.15) is 0 Å². The molecule has 0 radical (unpaired) electrons. The van der Waals surface area contributed by atoms with Gasteiger partial charge < -0.3 is 10.1 Å². The van der Waals surface area contributed by atoms with E-state index in [1.807, 2.05) is 20.8 Å². The van der Waals surface area contributed by atoms with Crippen molar-refractivity contribution in [2.45, 2.75) is 52.2 Å². The smallest absolute Gasteiger partial charge is 0.407 e. The van der Waals surface area contributed by atoms with E-state index in [9.17, 15) is 4.79 Å². The average molecular weight is 247 g/mol. The molecule has 1 aliphatic rings. The molecular weight excluding hydrogens is 226 g/mol. The summed E-state index contributed by atoms with van der Waals surface area (Å²) in [7, 11) is 0. The first-order valence-electron chi connectivity index (χ1n) is 6.52. The Balaban J connectivity index is 1.95. The van der Waals surface area contributed by atoms with Gasteiger partial charge in [-0.25, -0.2) is 4.79 Å². The molecule has 0 fully saturated rings. The summed E-state index contributed by atoms with van der Waals surface area (Å²) in [6.45, 7) is 6.16. The molecular formula is C15H21NO2. The second kappa shape index (κ2) is 5.01. The molecule has 1 N–H and O–H groups in total. The van der Waals surface area contributed by atoms with E-state index in [0.717, 1.165) is 12.8 Å². The highest BCUT2D eigenvalue weighted by Gasteiger charge is 2.17. The molecule has 0 unspecified atom stereocenters. The maximum atomic E-state index is 11.6. The van der Waals surface area contributed by atoms with Crippen LogP contribution >= 0.6 is 0 Å². The number of alkyl carbamates (subject to hydrolysis) is 1. The number of hydrogen-bond acceptors (Lipinski definition) is 2. The van der Waals surface area contributed by atoms with Gasteiger partial charge in [-0.15, -0.1) is 0 Å². The highest BCUT2D eigenvalue weighted by molar-refractivity contribution is 5.67. The molecule has 98 valence electrons. The number of hydrogen-bond donors (Lipinski definition) is 1. The third-order valence-corrected chi connectivity index (χ3v) is 3.07. The van der Waals surface area contributed by atoms with Crippen LogP contribution in [0.1, 0.15) is 43.9 Å². The Hall–Kier alpha value is -1.51. The lowest BCUT2D eigenvalue weighted by Crippen LogP contribution is -2.32. The highest BCUT2D eigenvalue weighted by atomic mass is 16.6. The fraction of sp³-hybridized carbons (Fsp3) is 0.533. The lowest BCUT2D eigenvalue weighted by Gasteiger charge is -2.20. The second-order valence-electron chi connectivity index (χ2n) is 5.76. The van der Waals surface area contributed by atoms with E-state index in [-0.39, 0.29) is 6.09 Å². The first-order chi connectivity index (χ1) is 8.46. The van der Waals surface area contributed by atoms with Gasteiger partial charge in [0.25, 0.3) is 0 Å². The number of fused-ring (bicyclic) bond motifs is 1. The monoisotopic (exact) mass is 247 g/mol. The summed E-state index contributed by atoms with van der Waals surface area (Å²) in [4.78, 5) is 11.6. The Morgan fingerprint density at radius 1 is 1.33 bits per heavy atom. The van der Waals surface area contributed by atoms with Crippen molar-refractivity contribution in [3.05, 3.63) is 34.9 Å². The minimum atomic E-state index is -0.442. The molecule has 0 saturated carbocycles. The molecule has 0 aliphatic heterocycles. The first kappa shape index (κ1) is 12.9. The Morgan fingerprint density at radius 3 is 2.83 bits per heavy atom. The molecule has 1 aliphatic carbocycles. The summed E-state index contributed by atoms with van der Waals surface area (Å²) in [5.41, 5.74) is 3.62. The zero-order chi connectivity index (χ0) is 13.2. The van der Waals surface area contributed by atoms with Crippen LogP contribution in [0.5, 0.6) is 0 Å². The van der Waals surface area contributed by atoms with Crippen LogP contribution in [0.15, 0.2) is 18.2 Å². The average Bonchev–Trinajstić information content (AvgIpc) is 2.72. The molecule has 1 amide bonds. The van der Waals surface area contributed by atoms with E-state index in [4.69, 9.17) is 4.74 Å². The number of amides is 1. The molecule has 0 saturated heterocycles. The van der Waals surface area contributed by atoms with E-state index in [1.165, 1.54) is 23.1 Å². The topological polar surface area (TPSA) is 38.3 Å².